The number of nitrogens with zero attached hydrogens (tertiary/aromatic N) is 2. The van der Waals surface area contributed by atoms with Crippen LogP contribution in [0.1, 0.15) is 64.5 Å². The Morgan fingerprint density at radius 3 is 2.39 bits per heavy atom. The Morgan fingerprint density at radius 2 is 1.85 bits per heavy atom. The summed E-state index contributed by atoms with van der Waals surface area (Å²) in [7, 11) is 0.952. The number of nitrogens with one attached hydrogen (secondary N) is 1. The van der Waals surface area contributed by atoms with Crippen molar-refractivity contribution in [2.45, 2.75) is 39.8 Å². The van der Waals surface area contributed by atoms with Gasteiger partial charge in [0.15, 0.2) is 5.69 Å². The highest BCUT2D eigenvalue weighted by Gasteiger charge is 2.42. The zero-order valence-electron chi connectivity index (χ0n) is 18.1. The lowest BCUT2D eigenvalue weighted by Gasteiger charge is -2.22. The number of hydrogen-bond donors (Lipinski definition) is 1. The third-order valence-corrected chi connectivity index (χ3v) is 5.28. The zero-order chi connectivity index (χ0) is 24.7. The maximum atomic E-state index is 14.0. The topological polar surface area (TPSA) is 67.9 Å². The molecule has 0 spiro atoms. The van der Waals surface area contributed by atoms with E-state index < -0.39 is 41.1 Å². The molecular weight excluding hydrogens is 465 g/mol. The highest BCUT2D eigenvalue weighted by atomic mass is 32.1. The molecule has 0 fully saturated rings. The molecule has 5 nitrogen and oxygen atoms in total. The van der Waals surface area contributed by atoms with E-state index in [0.29, 0.717) is 11.0 Å². The Hall–Kier alpha value is -2.95. The molecule has 3 rings (SSSR count). The van der Waals surface area contributed by atoms with Crippen LogP contribution in [0.15, 0.2) is 18.2 Å². The predicted molar refractivity (Wildman–Crippen MR) is 116 cm³/mol. The van der Waals surface area contributed by atoms with Crippen molar-refractivity contribution in [2.24, 2.45) is 5.92 Å². The van der Waals surface area contributed by atoms with Crippen LogP contribution in [0.5, 0.6) is 0 Å². The van der Waals surface area contributed by atoms with Crippen LogP contribution in [-0.4, -0.2) is 32.9 Å². The molecule has 2 heterocycles. The van der Waals surface area contributed by atoms with E-state index in [9.17, 15) is 26.7 Å². The van der Waals surface area contributed by atoms with E-state index in [0.717, 1.165) is 12.7 Å². The van der Waals surface area contributed by atoms with Crippen molar-refractivity contribution in [3.8, 4) is 0 Å². The van der Waals surface area contributed by atoms with Crippen LogP contribution in [0.3, 0.4) is 0 Å². The van der Waals surface area contributed by atoms with Crippen LogP contribution in [-0.2, 0) is 17.3 Å². The van der Waals surface area contributed by atoms with E-state index in [1.165, 1.54) is 0 Å². The maximum Gasteiger partial charge on any atom is 0.434 e. The molecule has 0 saturated heterocycles. The Balaban J connectivity index is 2.41. The van der Waals surface area contributed by atoms with Crippen molar-refractivity contribution in [1.82, 2.24) is 15.0 Å². The van der Waals surface area contributed by atoms with Gasteiger partial charge < -0.3 is 9.72 Å². The Morgan fingerprint density at radius 1 is 1.18 bits per heavy atom. The van der Waals surface area contributed by atoms with E-state index in [4.69, 9.17) is 12.2 Å². The summed E-state index contributed by atoms with van der Waals surface area (Å²) in [6, 6.07) is 5.20. The Labute approximate surface area is 191 Å². The van der Waals surface area contributed by atoms with Crippen molar-refractivity contribution in [3.63, 3.8) is 0 Å². The monoisotopic (exact) mass is 485 g/mol. The number of carbonyl (C=O) groups excluding carboxylic acids is 1. The number of carbonyl (C=O) groups is 1. The van der Waals surface area contributed by atoms with E-state index >= 15 is 0 Å². The average molecular weight is 485 g/mol. The summed E-state index contributed by atoms with van der Waals surface area (Å²) in [5, 5.41) is 0. The molecule has 1 N–H and O–H groups in total. The summed E-state index contributed by atoms with van der Waals surface area (Å²) in [6.07, 6.45) is -8.71. The molecule has 0 aliphatic carbocycles. The number of pyridine rings is 1. The number of aromatic amines is 1. The second-order valence-electron chi connectivity index (χ2n) is 7.90. The van der Waals surface area contributed by atoms with Crippen molar-refractivity contribution in [3.05, 3.63) is 57.7 Å². The van der Waals surface area contributed by atoms with Crippen molar-refractivity contribution in [2.75, 3.05) is 7.11 Å². The largest absolute Gasteiger partial charge is 0.465 e. The summed E-state index contributed by atoms with van der Waals surface area (Å²) in [6.45, 7) is 5.17. The van der Waals surface area contributed by atoms with E-state index in [2.05, 4.69) is 19.7 Å². The SMILES string of the molecule is COC(=O)c1c(C(F)F)nc(C(F)(F)F)c(C(=S)c2nc3cc(C)ccc3[nH]2)c1CC(C)C. The first-order valence-corrected chi connectivity index (χ1v) is 10.3. The van der Waals surface area contributed by atoms with Gasteiger partial charge in [-0.25, -0.2) is 23.5 Å². The van der Waals surface area contributed by atoms with Crippen molar-refractivity contribution in [1.29, 1.82) is 0 Å². The fourth-order valence-corrected chi connectivity index (χ4v) is 3.86. The molecule has 0 atom stereocenters. The molecule has 2 aromatic heterocycles. The minimum Gasteiger partial charge on any atom is -0.465 e. The number of hydrogen-bond acceptors (Lipinski definition) is 5. The third-order valence-electron chi connectivity index (χ3n) is 4.89. The standard InChI is InChI=1S/C22H20F5N3O2S/c1-9(2)7-11-14(21(31)32-4)16(19(23)24)30-18(22(25,26)27)15(11)17(33)20-28-12-6-5-10(3)8-13(12)29-20/h5-6,8-9,19H,7H2,1-4H3,(H,28,29). The number of H-pyrrole nitrogens is 1. The fraction of sp³-hybridized carbons (Fsp3) is 0.364. The van der Waals surface area contributed by atoms with E-state index in [1.54, 1.807) is 32.0 Å². The van der Waals surface area contributed by atoms with Gasteiger partial charge in [-0.1, -0.05) is 32.1 Å². The fourth-order valence-electron chi connectivity index (χ4n) is 3.55. The molecule has 0 unspecified atom stereocenters. The number of alkyl halides is 5. The molecule has 176 valence electrons. The summed E-state index contributed by atoms with van der Waals surface area (Å²) in [5.41, 5.74) is -2.65. The van der Waals surface area contributed by atoms with Gasteiger partial charge in [0.25, 0.3) is 6.43 Å². The number of imidazole rings is 1. The average Bonchev–Trinajstić information content (AvgIpc) is 3.13. The Kier molecular flexibility index (Phi) is 6.83. The number of aromatic nitrogens is 3. The lowest BCUT2D eigenvalue weighted by atomic mass is 9.89. The van der Waals surface area contributed by atoms with Gasteiger partial charge in [-0.3, -0.25) is 0 Å². The summed E-state index contributed by atoms with van der Waals surface area (Å²) in [5.74, 6) is -1.59. The lowest BCUT2D eigenvalue weighted by Crippen LogP contribution is -2.25. The number of thiocarbonyl (C=S) groups is 1. The normalized spacial score (nSPS) is 12.1. The smallest absolute Gasteiger partial charge is 0.434 e. The van der Waals surface area contributed by atoms with Crippen LogP contribution < -0.4 is 0 Å². The first kappa shape index (κ1) is 24.7. The Bertz CT molecular complexity index is 1230. The number of aryl methyl sites for hydroxylation is 1. The van der Waals surface area contributed by atoms with E-state index in [-0.39, 0.29) is 28.6 Å². The molecule has 11 heteroatoms. The van der Waals surface area contributed by atoms with Crippen LogP contribution in [0, 0.1) is 12.8 Å². The van der Waals surface area contributed by atoms with Gasteiger partial charge in [-0.05, 0) is 42.5 Å². The minimum atomic E-state index is -5.12. The van der Waals surface area contributed by atoms with Crippen LogP contribution in [0.4, 0.5) is 22.0 Å². The first-order valence-electron chi connectivity index (χ1n) is 9.86. The third kappa shape index (κ3) is 4.87. The number of rotatable bonds is 6. The van der Waals surface area contributed by atoms with Gasteiger partial charge in [-0.2, -0.15) is 13.2 Å². The molecule has 0 radical (unpaired) electrons. The molecule has 0 bridgehead atoms. The molecule has 0 amide bonds. The van der Waals surface area contributed by atoms with Gasteiger partial charge in [-0.15, -0.1) is 0 Å². The molecule has 1 aromatic carbocycles. The van der Waals surface area contributed by atoms with Crippen LogP contribution in [0.2, 0.25) is 0 Å². The number of esters is 1. The van der Waals surface area contributed by atoms with Gasteiger partial charge in [0.2, 0.25) is 0 Å². The van der Waals surface area contributed by atoms with Crippen LogP contribution in [0.25, 0.3) is 11.0 Å². The first-order chi connectivity index (χ1) is 15.3. The molecule has 0 aliphatic rings. The summed E-state index contributed by atoms with van der Waals surface area (Å²) in [4.78, 5) is 22.4. The minimum absolute atomic E-state index is 0.0662. The summed E-state index contributed by atoms with van der Waals surface area (Å²) < 4.78 is 74.3. The van der Waals surface area contributed by atoms with Crippen molar-refractivity contribution < 1.29 is 31.5 Å². The number of methoxy groups -OCH3 is 1. The number of halogens is 5. The highest BCUT2D eigenvalue weighted by Crippen LogP contribution is 2.39. The second kappa shape index (κ2) is 9.12. The lowest BCUT2D eigenvalue weighted by molar-refractivity contribution is -0.141. The van der Waals surface area contributed by atoms with Crippen molar-refractivity contribution >= 4 is 34.1 Å². The molecule has 0 saturated carbocycles. The maximum absolute atomic E-state index is 14.0. The molecule has 0 aliphatic heterocycles. The number of ether oxygens (including phenoxy) is 1. The molecule has 33 heavy (non-hydrogen) atoms. The van der Waals surface area contributed by atoms with Gasteiger partial charge in [0, 0.05) is 5.56 Å². The quantitative estimate of drug-likeness (QED) is 0.202. The second-order valence-corrected chi connectivity index (χ2v) is 8.31. The number of fused-ring (bicyclic) bond motifs is 1. The summed E-state index contributed by atoms with van der Waals surface area (Å²) >= 11 is 5.38. The van der Waals surface area contributed by atoms with Gasteiger partial charge in [0.1, 0.15) is 11.5 Å². The molecular formula is C22H20F5N3O2S. The highest BCUT2D eigenvalue weighted by molar-refractivity contribution is 7.81. The zero-order valence-corrected chi connectivity index (χ0v) is 18.9. The van der Waals surface area contributed by atoms with Gasteiger partial charge in [0.05, 0.1) is 28.6 Å². The van der Waals surface area contributed by atoms with Gasteiger partial charge >= 0.3 is 12.1 Å². The van der Waals surface area contributed by atoms with E-state index in [1.807, 2.05) is 6.92 Å². The van der Waals surface area contributed by atoms with Crippen LogP contribution >= 0.6 is 12.2 Å². The predicted octanol–water partition coefficient (Wildman–Crippen LogP) is 5.97. The molecule has 3 aromatic rings. The number of benzene rings is 1.